The minimum Gasteiger partial charge on any atom is -0.383 e. The number of nitrogens with one attached hydrogen (secondary N) is 1. The van der Waals surface area contributed by atoms with E-state index < -0.39 is 12.7 Å². The van der Waals surface area contributed by atoms with Crippen LogP contribution in [0.4, 0.5) is 19.0 Å². The first kappa shape index (κ1) is 16.0. The highest BCUT2D eigenvalue weighted by Gasteiger charge is 2.38. The number of rotatable bonds is 8. The van der Waals surface area contributed by atoms with Crippen molar-refractivity contribution in [3.63, 3.8) is 0 Å². The summed E-state index contributed by atoms with van der Waals surface area (Å²) in [4.78, 5) is 5.53. The van der Waals surface area contributed by atoms with Crippen LogP contribution < -0.4 is 10.2 Å². The Labute approximate surface area is 122 Å². The van der Waals surface area contributed by atoms with Crippen LogP contribution in [0.3, 0.4) is 0 Å². The molecule has 1 N–H and O–H groups in total. The summed E-state index contributed by atoms with van der Waals surface area (Å²) in [6.45, 7) is 1.03. The average Bonchev–Trinajstić information content (AvgIpc) is 3.25. The summed E-state index contributed by atoms with van der Waals surface area (Å²) < 4.78 is 42.7. The van der Waals surface area contributed by atoms with E-state index in [1.54, 1.807) is 19.4 Å². The van der Waals surface area contributed by atoms with Crippen molar-refractivity contribution in [2.24, 2.45) is 0 Å². The van der Waals surface area contributed by atoms with Gasteiger partial charge in [0.25, 0.3) is 0 Å². The average molecular weight is 303 g/mol. The Hall–Kier alpha value is -1.34. The number of nitrogens with zero attached hydrogens (tertiary/aromatic N) is 2. The number of alkyl halides is 3. The predicted molar refractivity (Wildman–Crippen MR) is 74.2 cm³/mol. The molecule has 1 aromatic heterocycles. The van der Waals surface area contributed by atoms with E-state index >= 15 is 0 Å². The van der Waals surface area contributed by atoms with Gasteiger partial charge in [-0.05, 0) is 24.5 Å². The smallest absolute Gasteiger partial charge is 0.383 e. The van der Waals surface area contributed by atoms with Crippen LogP contribution in [0.15, 0.2) is 18.3 Å². The topological polar surface area (TPSA) is 37.4 Å². The fourth-order valence-electron chi connectivity index (χ4n) is 2.07. The van der Waals surface area contributed by atoms with Gasteiger partial charge in [-0.2, -0.15) is 13.2 Å². The van der Waals surface area contributed by atoms with Crippen LogP contribution in [0.1, 0.15) is 18.4 Å². The van der Waals surface area contributed by atoms with Crippen molar-refractivity contribution in [1.29, 1.82) is 0 Å². The molecule has 0 aliphatic heterocycles. The van der Waals surface area contributed by atoms with Crippen molar-refractivity contribution in [2.75, 3.05) is 31.7 Å². The third-order valence-corrected chi connectivity index (χ3v) is 3.25. The minimum absolute atomic E-state index is 0.0233. The maximum Gasteiger partial charge on any atom is 0.405 e. The molecule has 1 heterocycles. The Morgan fingerprint density at radius 1 is 1.38 bits per heavy atom. The summed E-state index contributed by atoms with van der Waals surface area (Å²) in [5.74, 6) is 0.399. The lowest BCUT2D eigenvalue weighted by molar-refractivity contribution is -0.120. The van der Waals surface area contributed by atoms with Crippen LogP contribution in [0.5, 0.6) is 0 Å². The standard InChI is InChI=1S/C14H20F3N3O/c1-21-7-6-18-8-11-2-5-13(19-9-11)20(12-3-4-12)10-14(15,16)17/h2,5,9,12,18H,3-4,6-8,10H2,1H3. The second-order valence-corrected chi connectivity index (χ2v) is 5.17. The molecule has 7 heteroatoms. The number of pyridine rings is 1. The van der Waals surface area contributed by atoms with Crippen molar-refractivity contribution >= 4 is 5.82 Å². The van der Waals surface area contributed by atoms with Crippen molar-refractivity contribution < 1.29 is 17.9 Å². The van der Waals surface area contributed by atoms with Gasteiger partial charge in [0.1, 0.15) is 12.4 Å². The lowest BCUT2D eigenvalue weighted by Crippen LogP contribution is -2.36. The molecule has 118 valence electrons. The molecule has 0 saturated heterocycles. The molecule has 0 aromatic carbocycles. The molecule has 1 fully saturated rings. The van der Waals surface area contributed by atoms with Crippen molar-refractivity contribution in [3.05, 3.63) is 23.9 Å². The van der Waals surface area contributed by atoms with Crippen LogP contribution in [0, 0.1) is 0 Å². The first-order valence-electron chi connectivity index (χ1n) is 6.97. The zero-order chi connectivity index (χ0) is 15.3. The summed E-state index contributed by atoms with van der Waals surface area (Å²) in [7, 11) is 1.63. The van der Waals surface area contributed by atoms with E-state index in [1.165, 1.54) is 4.90 Å². The number of hydrogen-bond donors (Lipinski definition) is 1. The molecule has 1 aliphatic rings. The first-order chi connectivity index (χ1) is 9.99. The van der Waals surface area contributed by atoms with Gasteiger partial charge in [0.15, 0.2) is 0 Å². The number of methoxy groups -OCH3 is 1. The summed E-state index contributed by atoms with van der Waals surface area (Å²) in [5, 5.41) is 3.17. The van der Waals surface area contributed by atoms with Crippen LogP contribution >= 0.6 is 0 Å². The maximum atomic E-state index is 12.6. The molecule has 2 rings (SSSR count). The van der Waals surface area contributed by atoms with E-state index in [1.807, 2.05) is 6.07 Å². The fraction of sp³-hybridized carbons (Fsp3) is 0.643. The van der Waals surface area contributed by atoms with Crippen molar-refractivity contribution in [3.8, 4) is 0 Å². The van der Waals surface area contributed by atoms with Crippen LogP contribution in [0.2, 0.25) is 0 Å². The molecule has 0 spiro atoms. The zero-order valence-corrected chi connectivity index (χ0v) is 12.0. The molecule has 4 nitrogen and oxygen atoms in total. The summed E-state index contributed by atoms with van der Waals surface area (Å²) >= 11 is 0. The minimum atomic E-state index is -4.20. The lowest BCUT2D eigenvalue weighted by Gasteiger charge is -2.24. The number of hydrogen-bond acceptors (Lipinski definition) is 4. The van der Waals surface area contributed by atoms with Crippen molar-refractivity contribution in [2.45, 2.75) is 31.6 Å². The summed E-state index contributed by atoms with van der Waals surface area (Å²) in [6, 6.07) is 3.45. The van der Waals surface area contributed by atoms with Crippen molar-refractivity contribution in [1.82, 2.24) is 10.3 Å². The molecule has 1 aromatic rings. The van der Waals surface area contributed by atoms with E-state index in [2.05, 4.69) is 10.3 Å². The normalized spacial score (nSPS) is 15.2. The van der Waals surface area contributed by atoms with E-state index in [0.29, 0.717) is 19.0 Å². The van der Waals surface area contributed by atoms with Gasteiger partial charge in [-0.1, -0.05) is 6.07 Å². The Bertz CT molecular complexity index is 432. The van der Waals surface area contributed by atoms with Gasteiger partial charge in [0.05, 0.1) is 6.61 Å². The van der Waals surface area contributed by atoms with Crippen LogP contribution in [-0.4, -0.2) is 44.0 Å². The molecular weight excluding hydrogens is 283 g/mol. The Balaban J connectivity index is 1.92. The van der Waals surface area contributed by atoms with E-state index in [-0.39, 0.29) is 6.04 Å². The van der Waals surface area contributed by atoms with E-state index in [9.17, 15) is 13.2 Å². The van der Waals surface area contributed by atoms with E-state index in [0.717, 1.165) is 24.9 Å². The lowest BCUT2D eigenvalue weighted by atomic mass is 10.2. The highest BCUT2D eigenvalue weighted by molar-refractivity contribution is 5.42. The predicted octanol–water partition coefficient (Wildman–Crippen LogP) is 2.35. The summed E-state index contributed by atoms with van der Waals surface area (Å²) in [5.41, 5.74) is 0.942. The number of anilines is 1. The number of aromatic nitrogens is 1. The molecule has 0 unspecified atom stereocenters. The van der Waals surface area contributed by atoms with Gasteiger partial charge in [-0.3, -0.25) is 0 Å². The Morgan fingerprint density at radius 3 is 2.67 bits per heavy atom. The highest BCUT2D eigenvalue weighted by atomic mass is 19.4. The third kappa shape index (κ3) is 5.51. The maximum absolute atomic E-state index is 12.6. The molecular formula is C14H20F3N3O. The molecule has 0 atom stereocenters. The summed E-state index contributed by atoms with van der Waals surface area (Å²) in [6.07, 6.45) is -0.971. The van der Waals surface area contributed by atoms with Crippen LogP contribution in [0.25, 0.3) is 0 Å². The zero-order valence-electron chi connectivity index (χ0n) is 12.0. The molecule has 21 heavy (non-hydrogen) atoms. The third-order valence-electron chi connectivity index (χ3n) is 3.25. The molecule has 0 radical (unpaired) electrons. The first-order valence-corrected chi connectivity index (χ1v) is 6.97. The molecule has 0 bridgehead atoms. The number of ether oxygens (including phenoxy) is 1. The second kappa shape index (κ2) is 7.09. The largest absolute Gasteiger partial charge is 0.405 e. The van der Waals surface area contributed by atoms with Gasteiger partial charge in [-0.15, -0.1) is 0 Å². The second-order valence-electron chi connectivity index (χ2n) is 5.17. The Kier molecular flexibility index (Phi) is 5.41. The van der Waals surface area contributed by atoms with Gasteiger partial charge < -0.3 is 15.0 Å². The van der Waals surface area contributed by atoms with Gasteiger partial charge >= 0.3 is 6.18 Å². The molecule has 0 amide bonds. The number of halogens is 3. The fourth-order valence-corrected chi connectivity index (χ4v) is 2.07. The van der Waals surface area contributed by atoms with E-state index in [4.69, 9.17) is 4.74 Å². The molecule has 1 saturated carbocycles. The quantitative estimate of drug-likeness (QED) is 0.748. The van der Waals surface area contributed by atoms with Gasteiger partial charge in [0, 0.05) is 32.4 Å². The van der Waals surface area contributed by atoms with Crippen LogP contribution in [-0.2, 0) is 11.3 Å². The van der Waals surface area contributed by atoms with Gasteiger partial charge in [-0.25, -0.2) is 4.98 Å². The SMILES string of the molecule is COCCNCc1ccc(N(CC(F)(F)F)C2CC2)nc1. The highest BCUT2D eigenvalue weighted by Crippen LogP contribution is 2.33. The molecule has 1 aliphatic carbocycles. The Morgan fingerprint density at radius 2 is 2.14 bits per heavy atom. The van der Waals surface area contributed by atoms with Gasteiger partial charge in [0.2, 0.25) is 0 Å². The monoisotopic (exact) mass is 303 g/mol.